The lowest BCUT2D eigenvalue weighted by Gasteiger charge is -2.23. The number of ether oxygens (including phenoxy) is 1. The Morgan fingerprint density at radius 1 is 1.16 bits per heavy atom. The average molecular weight is 443 g/mol. The topological polar surface area (TPSA) is 141 Å². The first-order valence-electron chi connectivity index (χ1n) is 10.5. The van der Waals surface area contributed by atoms with E-state index < -0.39 is 35.8 Å². The molecule has 0 fully saturated rings. The number of benzene rings is 1. The second-order valence-electron chi connectivity index (χ2n) is 7.96. The monoisotopic (exact) mass is 442 g/mol. The summed E-state index contributed by atoms with van der Waals surface area (Å²) in [6.45, 7) is 6.64. The van der Waals surface area contributed by atoms with E-state index in [-0.39, 0.29) is 25.2 Å². The largest absolute Gasteiger partial charge is 0.461 e. The van der Waals surface area contributed by atoms with Crippen LogP contribution in [-0.4, -0.2) is 53.0 Å². The van der Waals surface area contributed by atoms with Crippen molar-refractivity contribution in [1.29, 1.82) is 5.41 Å². The van der Waals surface area contributed by atoms with Crippen molar-refractivity contribution in [2.75, 3.05) is 0 Å². The zero-order chi connectivity index (χ0) is 23.8. The molecule has 1 aromatic heterocycles. The van der Waals surface area contributed by atoms with Crippen molar-refractivity contribution in [3.63, 3.8) is 0 Å². The van der Waals surface area contributed by atoms with Gasteiger partial charge < -0.3 is 25.8 Å². The average Bonchev–Trinajstić information content (AvgIpc) is 3.13. The van der Waals surface area contributed by atoms with E-state index in [1.54, 1.807) is 20.0 Å². The molecule has 0 radical (unpaired) electrons. The van der Waals surface area contributed by atoms with E-state index in [1.807, 2.05) is 25.1 Å². The highest BCUT2D eigenvalue weighted by molar-refractivity contribution is 6.26. The Bertz CT molecular complexity index is 1010. The number of rotatable bonds is 11. The van der Waals surface area contributed by atoms with Crippen molar-refractivity contribution in [2.45, 2.75) is 65.1 Å². The Kier molecular flexibility index (Phi) is 8.69. The number of ketones is 1. The highest BCUT2D eigenvalue weighted by Crippen LogP contribution is 2.23. The van der Waals surface area contributed by atoms with Crippen LogP contribution in [0.5, 0.6) is 0 Å². The van der Waals surface area contributed by atoms with Gasteiger partial charge in [0, 0.05) is 36.9 Å². The van der Waals surface area contributed by atoms with Gasteiger partial charge in [-0.2, -0.15) is 0 Å². The van der Waals surface area contributed by atoms with Gasteiger partial charge in [-0.1, -0.05) is 12.1 Å². The van der Waals surface area contributed by atoms with Crippen LogP contribution < -0.4 is 10.6 Å². The van der Waals surface area contributed by atoms with Gasteiger partial charge in [0.2, 0.25) is 11.8 Å². The van der Waals surface area contributed by atoms with Crippen LogP contribution in [0.2, 0.25) is 0 Å². The maximum atomic E-state index is 13.1. The molecule has 1 heterocycles. The summed E-state index contributed by atoms with van der Waals surface area (Å²) in [4.78, 5) is 52.0. The molecule has 0 bridgehead atoms. The fourth-order valence-electron chi connectivity index (χ4n) is 3.48. The number of aryl methyl sites for hydroxylation is 1. The van der Waals surface area contributed by atoms with Crippen molar-refractivity contribution >= 4 is 40.7 Å². The second-order valence-corrected chi connectivity index (χ2v) is 7.96. The molecule has 9 heteroatoms. The Balaban J connectivity index is 2.24. The number of Topliss-reactive ketones (excluding diaryl/α,β-unsaturated/α-hetero) is 1. The predicted molar refractivity (Wildman–Crippen MR) is 121 cm³/mol. The van der Waals surface area contributed by atoms with Gasteiger partial charge in [-0.05, 0) is 44.4 Å². The molecular formula is C23H30N4O5. The van der Waals surface area contributed by atoms with Crippen LogP contribution in [0.4, 0.5) is 0 Å². The number of hydrogen-bond donors (Lipinski definition) is 4. The highest BCUT2D eigenvalue weighted by Gasteiger charge is 2.29. The van der Waals surface area contributed by atoms with E-state index >= 15 is 0 Å². The summed E-state index contributed by atoms with van der Waals surface area (Å²) in [5.41, 5.74) is 2.81. The Morgan fingerprint density at radius 3 is 2.50 bits per heavy atom. The fourth-order valence-corrected chi connectivity index (χ4v) is 3.48. The van der Waals surface area contributed by atoms with Gasteiger partial charge >= 0.3 is 5.97 Å². The molecule has 4 N–H and O–H groups in total. The minimum absolute atomic E-state index is 0.00943. The number of fused-ring (bicyclic) bond motifs is 1. The number of nitrogens with one attached hydrogen (secondary N) is 4. The Morgan fingerprint density at radius 2 is 1.88 bits per heavy atom. The number of aromatic nitrogens is 1. The smallest absolute Gasteiger partial charge is 0.328 e. The summed E-state index contributed by atoms with van der Waals surface area (Å²) >= 11 is 0. The summed E-state index contributed by atoms with van der Waals surface area (Å²) < 4.78 is 5.20. The highest BCUT2D eigenvalue weighted by atomic mass is 16.5. The maximum Gasteiger partial charge on any atom is 0.328 e. The lowest BCUT2D eigenvalue weighted by molar-refractivity contribution is -0.151. The lowest BCUT2D eigenvalue weighted by atomic mass is 10.0. The zero-order valence-electron chi connectivity index (χ0n) is 18.8. The minimum Gasteiger partial charge on any atom is -0.461 e. The third-order valence-electron chi connectivity index (χ3n) is 4.91. The van der Waals surface area contributed by atoms with Crippen molar-refractivity contribution < 1.29 is 23.9 Å². The first kappa shape index (κ1) is 24.8. The first-order valence-corrected chi connectivity index (χ1v) is 10.5. The van der Waals surface area contributed by atoms with E-state index in [0.717, 1.165) is 22.0 Å². The number of aromatic amines is 1. The maximum absolute atomic E-state index is 13.1. The van der Waals surface area contributed by atoms with Gasteiger partial charge in [-0.15, -0.1) is 0 Å². The molecule has 32 heavy (non-hydrogen) atoms. The first-order chi connectivity index (χ1) is 15.1. The van der Waals surface area contributed by atoms with Crippen LogP contribution in [0, 0.1) is 12.3 Å². The Hall–Kier alpha value is -3.49. The van der Waals surface area contributed by atoms with E-state index in [1.165, 1.54) is 6.92 Å². The van der Waals surface area contributed by atoms with E-state index in [2.05, 4.69) is 15.6 Å². The molecule has 0 spiro atoms. The standard InChI is InChI=1S/C23H30N4O5/c1-13(2)32-23(31)19(9-8-17(29)11-24)27-22(30)20(26-15(4)28)10-16-12-25-18-7-5-6-14(3)21(16)18/h5-7,11-13,19-20,24-25H,8-10H2,1-4H3,(H,26,28)(H,27,30)/t19-,20?/m0/s1. The van der Waals surface area contributed by atoms with Crippen molar-refractivity contribution in [2.24, 2.45) is 0 Å². The molecule has 2 amide bonds. The second kappa shape index (κ2) is 11.2. The van der Waals surface area contributed by atoms with Crippen molar-refractivity contribution in [1.82, 2.24) is 15.6 Å². The molecule has 9 nitrogen and oxygen atoms in total. The molecule has 1 aromatic carbocycles. The van der Waals surface area contributed by atoms with Gasteiger partial charge in [-0.3, -0.25) is 14.4 Å². The van der Waals surface area contributed by atoms with Crippen LogP contribution >= 0.6 is 0 Å². The summed E-state index contributed by atoms with van der Waals surface area (Å²) in [7, 11) is 0. The molecule has 2 rings (SSSR count). The van der Waals surface area contributed by atoms with Crippen LogP contribution in [0.25, 0.3) is 10.9 Å². The van der Waals surface area contributed by atoms with Crippen LogP contribution in [0.1, 0.15) is 44.7 Å². The van der Waals surface area contributed by atoms with Crippen LogP contribution in [0.15, 0.2) is 24.4 Å². The fraction of sp³-hybridized carbons (Fsp3) is 0.435. The number of H-pyrrole nitrogens is 1. The normalized spacial score (nSPS) is 12.8. The third kappa shape index (κ3) is 6.76. The van der Waals surface area contributed by atoms with E-state index in [9.17, 15) is 19.2 Å². The van der Waals surface area contributed by atoms with Crippen LogP contribution in [0.3, 0.4) is 0 Å². The molecule has 0 aliphatic heterocycles. The van der Waals surface area contributed by atoms with Gasteiger partial charge in [0.25, 0.3) is 0 Å². The zero-order valence-corrected chi connectivity index (χ0v) is 18.8. The van der Waals surface area contributed by atoms with Gasteiger partial charge in [0.15, 0.2) is 5.78 Å². The predicted octanol–water partition coefficient (Wildman–Crippen LogP) is 1.96. The number of carbonyl (C=O) groups is 4. The molecule has 2 aromatic rings. The third-order valence-corrected chi connectivity index (χ3v) is 4.91. The van der Waals surface area contributed by atoms with Crippen molar-refractivity contribution in [3.8, 4) is 0 Å². The number of hydrogen-bond acceptors (Lipinski definition) is 6. The number of esters is 1. The molecule has 0 aliphatic rings. The minimum atomic E-state index is -1.07. The lowest BCUT2D eigenvalue weighted by Crippen LogP contribution is -2.52. The van der Waals surface area contributed by atoms with Crippen LogP contribution in [-0.2, 0) is 30.3 Å². The summed E-state index contributed by atoms with van der Waals surface area (Å²) in [6.07, 6.45) is 2.18. The Labute approximate surface area is 186 Å². The molecule has 2 atom stereocenters. The molecule has 0 aliphatic carbocycles. The van der Waals surface area contributed by atoms with Gasteiger partial charge in [0.05, 0.1) is 12.3 Å². The SMILES string of the molecule is CC(=O)NC(Cc1c[nH]c2cccc(C)c12)C(=O)N[C@@H](CCC(=O)C=N)C(=O)OC(C)C. The number of carbonyl (C=O) groups excluding carboxylic acids is 4. The van der Waals surface area contributed by atoms with Crippen molar-refractivity contribution in [3.05, 3.63) is 35.5 Å². The quantitative estimate of drug-likeness (QED) is 0.311. The molecule has 0 saturated heterocycles. The van der Waals surface area contributed by atoms with Gasteiger partial charge in [0.1, 0.15) is 12.1 Å². The molecular weight excluding hydrogens is 412 g/mol. The molecule has 172 valence electrons. The van der Waals surface area contributed by atoms with Gasteiger partial charge in [-0.25, -0.2) is 4.79 Å². The molecule has 0 saturated carbocycles. The summed E-state index contributed by atoms with van der Waals surface area (Å²) in [5, 5.41) is 13.3. The van der Waals surface area contributed by atoms with E-state index in [0.29, 0.717) is 6.21 Å². The summed E-state index contributed by atoms with van der Waals surface area (Å²) in [5.74, 6) is -2.08. The van der Waals surface area contributed by atoms with E-state index in [4.69, 9.17) is 10.1 Å². The molecule has 1 unspecified atom stereocenters. The summed E-state index contributed by atoms with van der Waals surface area (Å²) in [6, 6.07) is 3.81. The number of amides is 2.